The van der Waals surface area contributed by atoms with Crippen molar-refractivity contribution < 1.29 is 4.42 Å². The van der Waals surface area contributed by atoms with Crippen molar-refractivity contribution in [2.75, 3.05) is 5.32 Å². The summed E-state index contributed by atoms with van der Waals surface area (Å²) in [6.45, 7) is 0. The summed E-state index contributed by atoms with van der Waals surface area (Å²) >= 11 is 0. The predicted octanol–water partition coefficient (Wildman–Crippen LogP) is 9.82. The van der Waals surface area contributed by atoms with Gasteiger partial charge in [0.05, 0.1) is 11.1 Å². The zero-order valence-corrected chi connectivity index (χ0v) is 19.6. The zero-order valence-electron chi connectivity index (χ0n) is 19.6. The molecule has 0 unspecified atom stereocenters. The van der Waals surface area contributed by atoms with Crippen LogP contribution in [0.5, 0.6) is 0 Å². The molecule has 7 rings (SSSR count). The van der Waals surface area contributed by atoms with Gasteiger partial charge in [-0.15, -0.1) is 0 Å². The van der Waals surface area contributed by atoms with Crippen LogP contribution in [0.1, 0.15) is 0 Å². The molecular weight excluding hydrogens is 438 g/mol. The van der Waals surface area contributed by atoms with Gasteiger partial charge in [-0.3, -0.25) is 0 Å². The Labute approximate surface area is 209 Å². The van der Waals surface area contributed by atoms with E-state index in [4.69, 9.17) is 4.42 Å². The van der Waals surface area contributed by atoms with E-state index >= 15 is 0 Å². The monoisotopic (exact) mass is 461 g/mol. The summed E-state index contributed by atoms with van der Waals surface area (Å²) in [6.07, 6.45) is 0. The predicted molar refractivity (Wildman–Crippen MR) is 152 cm³/mol. The van der Waals surface area contributed by atoms with E-state index in [1.165, 1.54) is 21.9 Å². The molecule has 1 heterocycles. The first kappa shape index (κ1) is 20.5. The molecule has 0 aliphatic carbocycles. The van der Waals surface area contributed by atoms with Crippen molar-refractivity contribution >= 4 is 44.1 Å². The summed E-state index contributed by atoms with van der Waals surface area (Å²) < 4.78 is 6.41. The van der Waals surface area contributed by atoms with E-state index in [0.717, 1.165) is 44.4 Å². The Morgan fingerprint density at radius 1 is 0.500 bits per heavy atom. The molecule has 0 radical (unpaired) electrons. The molecule has 6 aromatic carbocycles. The van der Waals surface area contributed by atoms with Gasteiger partial charge in [0.2, 0.25) is 0 Å². The fourth-order valence-electron chi connectivity index (χ4n) is 5.08. The molecule has 7 aromatic rings. The number of anilines is 2. The lowest BCUT2D eigenvalue weighted by Gasteiger charge is -2.12. The minimum absolute atomic E-state index is 0.892. The highest BCUT2D eigenvalue weighted by molar-refractivity contribution is 6.16. The molecule has 0 saturated heterocycles. The van der Waals surface area contributed by atoms with Crippen LogP contribution in [0.2, 0.25) is 0 Å². The molecule has 2 heteroatoms. The van der Waals surface area contributed by atoms with Gasteiger partial charge in [-0.1, -0.05) is 97.1 Å². The van der Waals surface area contributed by atoms with E-state index in [1.807, 2.05) is 18.2 Å². The summed E-state index contributed by atoms with van der Waals surface area (Å²) in [5.41, 5.74) is 8.49. The van der Waals surface area contributed by atoms with Gasteiger partial charge in [-0.2, -0.15) is 0 Å². The summed E-state index contributed by atoms with van der Waals surface area (Å²) in [5.74, 6) is 0. The Bertz CT molecular complexity index is 1860. The standard InChI is InChI=1S/C34H23NO/c1-2-10-24(11-3-1)29-19-20-31(33-30-15-6-7-16-32(30)36-34(29)33)35-28-14-8-13-26(22-28)27-18-17-23-9-4-5-12-25(23)21-27/h1-22,35H. The van der Waals surface area contributed by atoms with Crippen molar-refractivity contribution in [3.05, 3.63) is 133 Å². The van der Waals surface area contributed by atoms with Crippen LogP contribution >= 0.6 is 0 Å². The fraction of sp³-hybridized carbons (Fsp3) is 0. The summed E-state index contributed by atoms with van der Waals surface area (Å²) in [5, 5.41) is 8.40. The molecule has 0 aliphatic heterocycles. The van der Waals surface area contributed by atoms with E-state index in [1.54, 1.807) is 0 Å². The van der Waals surface area contributed by atoms with E-state index in [-0.39, 0.29) is 0 Å². The summed E-state index contributed by atoms with van der Waals surface area (Å²) in [4.78, 5) is 0. The molecule has 2 nitrogen and oxygen atoms in total. The number of furan rings is 1. The third kappa shape index (κ3) is 3.52. The third-order valence-electron chi connectivity index (χ3n) is 6.84. The maximum Gasteiger partial charge on any atom is 0.145 e. The van der Waals surface area contributed by atoms with Crippen LogP contribution in [-0.2, 0) is 0 Å². The number of hydrogen-bond acceptors (Lipinski definition) is 2. The zero-order chi connectivity index (χ0) is 23.9. The summed E-state index contributed by atoms with van der Waals surface area (Å²) in [7, 11) is 0. The Morgan fingerprint density at radius 3 is 2.17 bits per heavy atom. The van der Waals surface area contributed by atoms with Crippen molar-refractivity contribution in [3.8, 4) is 22.3 Å². The Balaban J connectivity index is 1.34. The van der Waals surface area contributed by atoms with Crippen LogP contribution in [0, 0.1) is 0 Å². The smallest absolute Gasteiger partial charge is 0.145 e. The van der Waals surface area contributed by atoms with Gasteiger partial charge in [0.1, 0.15) is 11.2 Å². The second kappa shape index (κ2) is 8.44. The lowest BCUT2D eigenvalue weighted by molar-refractivity contribution is 0.670. The first-order valence-electron chi connectivity index (χ1n) is 12.2. The van der Waals surface area contributed by atoms with E-state index in [0.29, 0.717) is 0 Å². The lowest BCUT2D eigenvalue weighted by Crippen LogP contribution is -1.92. The molecule has 0 saturated carbocycles. The SMILES string of the molecule is c1ccc(-c2ccc(Nc3cccc(-c4ccc5ccccc5c4)c3)c3c2oc2ccccc23)cc1. The fourth-order valence-corrected chi connectivity index (χ4v) is 5.08. The van der Waals surface area contributed by atoms with Crippen LogP contribution in [0.3, 0.4) is 0 Å². The van der Waals surface area contributed by atoms with E-state index in [9.17, 15) is 0 Å². The molecule has 0 bridgehead atoms. The van der Waals surface area contributed by atoms with Gasteiger partial charge in [0, 0.05) is 16.6 Å². The van der Waals surface area contributed by atoms with Gasteiger partial charge >= 0.3 is 0 Å². The van der Waals surface area contributed by atoms with Gasteiger partial charge in [0.25, 0.3) is 0 Å². The molecular formula is C34H23NO. The average molecular weight is 462 g/mol. The van der Waals surface area contributed by atoms with Crippen LogP contribution in [0.25, 0.3) is 55.0 Å². The average Bonchev–Trinajstić information content (AvgIpc) is 3.34. The molecule has 1 aromatic heterocycles. The minimum atomic E-state index is 0.892. The van der Waals surface area contributed by atoms with Crippen molar-refractivity contribution in [2.45, 2.75) is 0 Å². The van der Waals surface area contributed by atoms with E-state index in [2.05, 4.69) is 121 Å². The maximum atomic E-state index is 6.41. The van der Waals surface area contributed by atoms with Crippen molar-refractivity contribution in [2.24, 2.45) is 0 Å². The third-order valence-corrected chi connectivity index (χ3v) is 6.84. The van der Waals surface area contributed by atoms with E-state index < -0.39 is 0 Å². The van der Waals surface area contributed by atoms with Crippen molar-refractivity contribution in [1.82, 2.24) is 0 Å². The number of fused-ring (bicyclic) bond motifs is 4. The van der Waals surface area contributed by atoms with Gasteiger partial charge in [-0.05, 0) is 63.9 Å². The quantitative estimate of drug-likeness (QED) is 0.282. The number of rotatable bonds is 4. The van der Waals surface area contributed by atoms with Gasteiger partial charge < -0.3 is 9.73 Å². The normalized spacial score (nSPS) is 11.3. The Morgan fingerprint density at radius 2 is 1.25 bits per heavy atom. The Kier molecular flexibility index (Phi) is 4.82. The second-order valence-electron chi connectivity index (χ2n) is 9.10. The Hall–Kier alpha value is -4.82. The summed E-state index contributed by atoms with van der Waals surface area (Å²) in [6, 6.07) is 46.7. The van der Waals surface area contributed by atoms with Gasteiger partial charge in [0.15, 0.2) is 0 Å². The topological polar surface area (TPSA) is 25.2 Å². The van der Waals surface area contributed by atoms with Crippen LogP contribution in [0.15, 0.2) is 138 Å². The maximum absolute atomic E-state index is 6.41. The molecule has 0 spiro atoms. The number of hydrogen-bond donors (Lipinski definition) is 1. The number of para-hydroxylation sites is 1. The molecule has 1 N–H and O–H groups in total. The molecule has 0 fully saturated rings. The van der Waals surface area contributed by atoms with Gasteiger partial charge in [-0.25, -0.2) is 0 Å². The highest BCUT2D eigenvalue weighted by Crippen LogP contribution is 2.41. The number of benzene rings is 6. The second-order valence-corrected chi connectivity index (χ2v) is 9.10. The molecule has 0 atom stereocenters. The first-order valence-corrected chi connectivity index (χ1v) is 12.2. The first-order chi connectivity index (χ1) is 17.8. The largest absolute Gasteiger partial charge is 0.455 e. The molecule has 0 aliphatic rings. The molecule has 0 amide bonds. The minimum Gasteiger partial charge on any atom is -0.455 e. The van der Waals surface area contributed by atoms with Crippen LogP contribution in [0.4, 0.5) is 11.4 Å². The highest BCUT2D eigenvalue weighted by atomic mass is 16.3. The lowest BCUT2D eigenvalue weighted by atomic mass is 10.00. The molecule has 170 valence electrons. The van der Waals surface area contributed by atoms with Crippen molar-refractivity contribution in [1.29, 1.82) is 0 Å². The highest BCUT2D eigenvalue weighted by Gasteiger charge is 2.16. The number of nitrogens with one attached hydrogen (secondary N) is 1. The van der Waals surface area contributed by atoms with Crippen molar-refractivity contribution in [3.63, 3.8) is 0 Å². The molecule has 36 heavy (non-hydrogen) atoms. The van der Waals surface area contributed by atoms with Crippen LogP contribution in [-0.4, -0.2) is 0 Å². The van der Waals surface area contributed by atoms with Crippen LogP contribution < -0.4 is 5.32 Å².